The molecule has 0 aromatic heterocycles. The van der Waals surface area contributed by atoms with Crippen LogP contribution < -0.4 is 0 Å². The summed E-state index contributed by atoms with van der Waals surface area (Å²) in [4.78, 5) is 12.3. The molecule has 1 rings (SSSR count). The third-order valence-electron chi connectivity index (χ3n) is 2.17. The van der Waals surface area contributed by atoms with Crippen molar-refractivity contribution in [2.24, 2.45) is 0 Å². The van der Waals surface area contributed by atoms with Crippen LogP contribution in [0.25, 0.3) is 0 Å². The summed E-state index contributed by atoms with van der Waals surface area (Å²) >= 11 is 0. The average molecular weight is 189 g/mol. The molecule has 1 aliphatic heterocycles. The third kappa shape index (κ3) is 2.65. The van der Waals surface area contributed by atoms with Crippen LogP contribution in [0.4, 0.5) is 0 Å². The van der Waals surface area contributed by atoms with E-state index in [-0.39, 0.29) is 6.42 Å². The number of carbonyl (C=O) groups is 1. The first-order valence-electron chi connectivity index (χ1n) is 4.33. The zero-order valence-corrected chi connectivity index (χ0v) is 7.55. The van der Waals surface area contributed by atoms with E-state index in [0.717, 1.165) is 0 Å². The molecule has 5 nitrogen and oxygen atoms in total. The molecule has 1 fully saturated rings. The van der Waals surface area contributed by atoms with Gasteiger partial charge in [-0.25, -0.2) is 0 Å². The molecular weight excluding hydrogens is 174 g/mol. The highest BCUT2D eigenvalue weighted by Gasteiger charge is 2.36. The maximum Gasteiger partial charge on any atom is 0.321 e. The Labute approximate surface area is 76.6 Å². The molecule has 3 atom stereocenters. The Morgan fingerprint density at radius 3 is 2.77 bits per heavy atom. The van der Waals surface area contributed by atoms with Crippen LogP contribution in [0.3, 0.4) is 0 Å². The van der Waals surface area contributed by atoms with Crippen molar-refractivity contribution in [2.75, 3.05) is 13.1 Å². The Kier molecular flexibility index (Phi) is 3.24. The molecule has 0 aliphatic carbocycles. The highest BCUT2D eigenvalue weighted by Crippen LogP contribution is 2.17. The second kappa shape index (κ2) is 4.04. The minimum atomic E-state index is -0.933. The number of hydrogen-bond acceptors (Lipinski definition) is 4. The lowest BCUT2D eigenvalue weighted by Crippen LogP contribution is -2.40. The standard InChI is InChI=1S/C8H15NO4/c1-5(10)3-9-4-6(11)2-7(9)8(12)13/h5-7,10-11H,2-4H2,1H3,(H,12,13)/t5?,6-,7+/m1/s1. The fraction of sp³-hybridized carbons (Fsp3) is 0.875. The van der Waals surface area contributed by atoms with Gasteiger partial charge in [0, 0.05) is 19.5 Å². The van der Waals surface area contributed by atoms with E-state index in [9.17, 15) is 9.90 Å². The van der Waals surface area contributed by atoms with Crippen molar-refractivity contribution in [2.45, 2.75) is 31.6 Å². The van der Waals surface area contributed by atoms with Crippen LogP contribution in [-0.4, -0.2) is 57.5 Å². The largest absolute Gasteiger partial charge is 0.480 e. The number of rotatable bonds is 3. The lowest BCUT2D eigenvalue weighted by Gasteiger charge is -2.21. The van der Waals surface area contributed by atoms with Gasteiger partial charge in [-0.05, 0) is 6.92 Å². The zero-order chi connectivity index (χ0) is 10.0. The number of aliphatic carboxylic acids is 1. The van der Waals surface area contributed by atoms with Crippen molar-refractivity contribution in [3.8, 4) is 0 Å². The molecule has 1 saturated heterocycles. The Morgan fingerprint density at radius 2 is 2.31 bits per heavy atom. The lowest BCUT2D eigenvalue weighted by atomic mass is 10.2. The quantitative estimate of drug-likeness (QED) is 0.524. The number of carboxylic acids is 1. The highest BCUT2D eigenvalue weighted by molar-refractivity contribution is 5.74. The molecule has 3 N–H and O–H groups in total. The summed E-state index contributed by atoms with van der Waals surface area (Å²) in [7, 11) is 0. The molecule has 76 valence electrons. The van der Waals surface area contributed by atoms with Gasteiger partial charge in [-0.1, -0.05) is 0 Å². The number of likely N-dealkylation sites (tertiary alicyclic amines) is 1. The van der Waals surface area contributed by atoms with Gasteiger partial charge >= 0.3 is 5.97 Å². The fourth-order valence-corrected chi connectivity index (χ4v) is 1.68. The van der Waals surface area contributed by atoms with Crippen molar-refractivity contribution in [3.05, 3.63) is 0 Å². The molecule has 1 aliphatic rings. The van der Waals surface area contributed by atoms with E-state index in [2.05, 4.69) is 0 Å². The molecule has 5 heteroatoms. The van der Waals surface area contributed by atoms with Crippen LogP contribution in [0, 0.1) is 0 Å². The number of hydrogen-bond donors (Lipinski definition) is 3. The molecule has 0 aromatic carbocycles. The van der Waals surface area contributed by atoms with E-state index < -0.39 is 24.2 Å². The molecule has 13 heavy (non-hydrogen) atoms. The van der Waals surface area contributed by atoms with E-state index in [1.165, 1.54) is 0 Å². The van der Waals surface area contributed by atoms with Crippen molar-refractivity contribution in [3.63, 3.8) is 0 Å². The SMILES string of the molecule is CC(O)CN1C[C@H](O)C[C@H]1C(=O)O. The molecule has 1 unspecified atom stereocenters. The van der Waals surface area contributed by atoms with Crippen molar-refractivity contribution in [1.82, 2.24) is 4.90 Å². The number of aliphatic hydroxyl groups is 2. The van der Waals surface area contributed by atoms with Crippen LogP contribution in [0.2, 0.25) is 0 Å². The first-order valence-corrected chi connectivity index (χ1v) is 4.33. The summed E-state index contributed by atoms with van der Waals surface area (Å²) in [5.74, 6) is -0.933. The molecule has 0 saturated carbocycles. The van der Waals surface area contributed by atoms with Gasteiger partial charge in [0.15, 0.2) is 0 Å². The molecule has 0 amide bonds. The summed E-state index contributed by atoms with van der Waals surface area (Å²) in [6.07, 6.45) is -0.894. The molecule has 1 heterocycles. The first-order chi connectivity index (χ1) is 6.00. The van der Waals surface area contributed by atoms with Crippen LogP contribution in [0.15, 0.2) is 0 Å². The minimum absolute atomic E-state index is 0.252. The molecule has 0 aromatic rings. The Morgan fingerprint density at radius 1 is 1.69 bits per heavy atom. The van der Waals surface area contributed by atoms with Crippen LogP contribution in [-0.2, 0) is 4.79 Å². The predicted octanol–water partition coefficient (Wildman–Crippen LogP) is -1.11. The number of carboxylic acid groups (broad SMARTS) is 1. The third-order valence-corrected chi connectivity index (χ3v) is 2.17. The summed E-state index contributed by atoms with van der Waals surface area (Å²) in [6.45, 7) is 2.24. The lowest BCUT2D eigenvalue weighted by molar-refractivity contribution is -0.142. The minimum Gasteiger partial charge on any atom is -0.480 e. The predicted molar refractivity (Wildman–Crippen MR) is 45.3 cm³/mol. The van der Waals surface area contributed by atoms with Gasteiger partial charge in [-0.2, -0.15) is 0 Å². The second-order valence-electron chi connectivity index (χ2n) is 3.55. The molecule has 0 radical (unpaired) electrons. The van der Waals surface area contributed by atoms with Gasteiger partial charge in [0.25, 0.3) is 0 Å². The summed E-state index contributed by atoms with van der Waals surface area (Å²) in [6, 6.07) is -0.649. The van der Waals surface area contributed by atoms with Crippen LogP contribution in [0.5, 0.6) is 0 Å². The molecule has 0 bridgehead atoms. The fourth-order valence-electron chi connectivity index (χ4n) is 1.68. The van der Waals surface area contributed by atoms with Crippen LogP contribution >= 0.6 is 0 Å². The number of nitrogens with zero attached hydrogens (tertiary/aromatic N) is 1. The zero-order valence-electron chi connectivity index (χ0n) is 7.55. The Hall–Kier alpha value is -0.650. The van der Waals surface area contributed by atoms with E-state index in [0.29, 0.717) is 13.1 Å². The van der Waals surface area contributed by atoms with Crippen molar-refractivity contribution < 1.29 is 20.1 Å². The van der Waals surface area contributed by atoms with Crippen molar-refractivity contribution >= 4 is 5.97 Å². The van der Waals surface area contributed by atoms with Gasteiger partial charge in [-0.3, -0.25) is 9.69 Å². The summed E-state index contributed by atoms with van der Waals surface area (Å²) < 4.78 is 0. The summed E-state index contributed by atoms with van der Waals surface area (Å²) in [5.41, 5.74) is 0. The molecular formula is C8H15NO4. The Balaban J connectivity index is 2.55. The monoisotopic (exact) mass is 189 g/mol. The summed E-state index contributed by atoms with van der Waals surface area (Å²) in [5, 5.41) is 27.1. The smallest absolute Gasteiger partial charge is 0.321 e. The maximum atomic E-state index is 10.7. The first kappa shape index (κ1) is 10.4. The van der Waals surface area contributed by atoms with E-state index in [4.69, 9.17) is 10.2 Å². The van der Waals surface area contributed by atoms with E-state index >= 15 is 0 Å². The topological polar surface area (TPSA) is 81.0 Å². The van der Waals surface area contributed by atoms with Gasteiger partial charge < -0.3 is 15.3 Å². The van der Waals surface area contributed by atoms with Gasteiger partial charge in [0.1, 0.15) is 6.04 Å². The second-order valence-corrected chi connectivity index (χ2v) is 3.55. The van der Waals surface area contributed by atoms with E-state index in [1.54, 1.807) is 11.8 Å². The Bertz CT molecular complexity index is 195. The van der Waals surface area contributed by atoms with Crippen LogP contribution in [0.1, 0.15) is 13.3 Å². The van der Waals surface area contributed by atoms with Crippen molar-refractivity contribution in [1.29, 1.82) is 0 Å². The normalized spacial score (nSPS) is 31.9. The number of aliphatic hydroxyl groups excluding tert-OH is 2. The highest BCUT2D eigenvalue weighted by atomic mass is 16.4. The average Bonchev–Trinajstić information content (AvgIpc) is 2.29. The number of β-amino-alcohol motifs (C(OH)–C–C–N with tert-alkyl or cyclic N) is 2. The van der Waals surface area contributed by atoms with Gasteiger partial charge in [-0.15, -0.1) is 0 Å². The van der Waals surface area contributed by atoms with E-state index in [1.807, 2.05) is 0 Å². The van der Waals surface area contributed by atoms with Gasteiger partial charge in [0.2, 0.25) is 0 Å². The van der Waals surface area contributed by atoms with Gasteiger partial charge in [0.05, 0.1) is 12.2 Å². The molecule has 0 spiro atoms. The maximum absolute atomic E-state index is 10.7.